The Kier molecular flexibility index (Phi) is 5.01. The van der Waals surface area contributed by atoms with Gasteiger partial charge in [-0.3, -0.25) is 0 Å². The van der Waals surface area contributed by atoms with Crippen LogP contribution in [0.3, 0.4) is 0 Å². The van der Waals surface area contributed by atoms with Crippen molar-refractivity contribution in [2.75, 3.05) is 18.7 Å². The molecule has 1 aromatic heterocycles. The maximum absolute atomic E-state index is 5.95. The smallest absolute Gasteiger partial charge is 0.190 e. The van der Waals surface area contributed by atoms with E-state index in [1.54, 1.807) is 13.2 Å². The Hall–Kier alpha value is -1.30. The highest BCUT2D eigenvalue weighted by atomic mass is 35.5. The van der Waals surface area contributed by atoms with Gasteiger partial charge in [0.25, 0.3) is 0 Å². The largest absolute Gasteiger partial charge is 0.380 e. The zero-order chi connectivity index (χ0) is 13.7. The van der Waals surface area contributed by atoms with E-state index in [2.05, 4.69) is 15.3 Å². The van der Waals surface area contributed by atoms with Gasteiger partial charge in [0.2, 0.25) is 0 Å². The summed E-state index contributed by atoms with van der Waals surface area (Å²) in [5.41, 5.74) is 2.04. The molecule has 19 heavy (non-hydrogen) atoms. The van der Waals surface area contributed by atoms with Gasteiger partial charge < -0.3 is 10.1 Å². The van der Waals surface area contributed by atoms with Crippen LogP contribution >= 0.6 is 23.4 Å². The molecule has 0 saturated carbocycles. The average molecular weight is 296 g/mol. The van der Waals surface area contributed by atoms with Crippen LogP contribution in [-0.4, -0.2) is 23.3 Å². The maximum atomic E-state index is 5.95. The Morgan fingerprint density at radius 1 is 1.32 bits per heavy atom. The van der Waals surface area contributed by atoms with Crippen LogP contribution in [0.25, 0.3) is 0 Å². The Balaban J connectivity index is 2.20. The molecule has 100 valence electrons. The third kappa shape index (κ3) is 4.09. The van der Waals surface area contributed by atoms with Gasteiger partial charge in [0, 0.05) is 18.9 Å². The molecule has 0 fully saturated rings. The van der Waals surface area contributed by atoms with Crippen molar-refractivity contribution in [2.24, 2.45) is 0 Å². The van der Waals surface area contributed by atoms with Crippen LogP contribution < -0.4 is 5.32 Å². The van der Waals surface area contributed by atoms with Gasteiger partial charge in [0.05, 0.1) is 6.61 Å². The zero-order valence-electron chi connectivity index (χ0n) is 10.7. The number of anilines is 2. The highest BCUT2D eigenvalue weighted by Gasteiger charge is 2.03. The number of methoxy groups -OCH3 is 1. The molecule has 1 N–H and O–H groups in total. The summed E-state index contributed by atoms with van der Waals surface area (Å²) in [6.07, 6.45) is 1.91. The molecule has 0 atom stereocenters. The third-order valence-corrected chi connectivity index (χ3v) is 3.11. The van der Waals surface area contributed by atoms with Crippen molar-refractivity contribution >= 4 is 34.9 Å². The second-order valence-corrected chi connectivity index (χ2v) is 4.98. The predicted octanol–water partition coefficient (Wildman–Crippen LogP) is 3.74. The SMILES string of the molecule is COCc1cccc(Nc2cc(Cl)nc(SC)n2)c1. The van der Waals surface area contributed by atoms with Gasteiger partial charge in [-0.2, -0.15) is 0 Å². The quantitative estimate of drug-likeness (QED) is 0.517. The van der Waals surface area contributed by atoms with Gasteiger partial charge in [0.1, 0.15) is 11.0 Å². The van der Waals surface area contributed by atoms with Gasteiger partial charge >= 0.3 is 0 Å². The number of thioether (sulfide) groups is 1. The summed E-state index contributed by atoms with van der Waals surface area (Å²) in [7, 11) is 1.68. The monoisotopic (exact) mass is 295 g/mol. The molecule has 4 nitrogen and oxygen atoms in total. The van der Waals surface area contributed by atoms with Crippen molar-refractivity contribution in [3.8, 4) is 0 Å². The van der Waals surface area contributed by atoms with Crippen molar-refractivity contribution in [3.05, 3.63) is 41.0 Å². The number of halogens is 1. The van der Waals surface area contributed by atoms with Crippen molar-refractivity contribution in [3.63, 3.8) is 0 Å². The Labute approximate surface area is 121 Å². The van der Waals surface area contributed by atoms with Gasteiger partial charge in [-0.1, -0.05) is 35.5 Å². The fraction of sp³-hybridized carbons (Fsp3) is 0.231. The van der Waals surface area contributed by atoms with E-state index in [0.717, 1.165) is 11.3 Å². The number of nitrogens with zero attached hydrogens (tertiary/aromatic N) is 2. The lowest BCUT2D eigenvalue weighted by atomic mass is 10.2. The summed E-state index contributed by atoms with van der Waals surface area (Å²) in [5.74, 6) is 0.680. The van der Waals surface area contributed by atoms with Crippen LogP contribution in [0.2, 0.25) is 5.15 Å². The molecular formula is C13H14ClN3OS. The topological polar surface area (TPSA) is 47.0 Å². The van der Waals surface area contributed by atoms with Crippen LogP contribution in [0.1, 0.15) is 5.56 Å². The highest BCUT2D eigenvalue weighted by Crippen LogP contribution is 2.21. The molecule has 2 aromatic rings. The number of aromatic nitrogens is 2. The lowest BCUT2D eigenvalue weighted by Gasteiger charge is -2.08. The molecule has 0 aliphatic carbocycles. The summed E-state index contributed by atoms with van der Waals surface area (Å²) in [6.45, 7) is 0.579. The molecule has 0 radical (unpaired) electrons. The van der Waals surface area contributed by atoms with E-state index in [4.69, 9.17) is 16.3 Å². The Morgan fingerprint density at radius 2 is 2.16 bits per heavy atom. The van der Waals surface area contributed by atoms with E-state index < -0.39 is 0 Å². The number of hydrogen-bond acceptors (Lipinski definition) is 5. The van der Waals surface area contributed by atoms with E-state index in [-0.39, 0.29) is 0 Å². The van der Waals surface area contributed by atoms with Crippen LogP contribution in [0, 0.1) is 0 Å². The molecule has 0 bridgehead atoms. The van der Waals surface area contributed by atoms with Gasteiger partial charge in [-0.25, -0.2) is 9.97 Å². The molecule has 0 saturated heterocycles. The standard InChI is InChI=1S/C13H14ClN3OS/c1-18-8-9-4-3-5-10(6-9)15-12-7-11(14)16-13(17-12)19-2/h3-7H,8H2,1-2H3,(H,15,16,17). The van der Waals surface area contributed by atoms with Crippen molar-refractivity contribution in [1.29, 1.82) is 0 Å². The average Bonchev–Trinajstić information content (AvgIpc) is 2.39. The van der Waals surface area contributed by atoms with Crippen LogP contribution in [0.4, 0.5) is 11.5 Å². The van der Waals surface area contributed by atoms with E-state index in [1.807, 2.05) is 30.5 Å². The molecule has 0 aliphatic heterocycles. The minimum Gasteiger partial charge on any atom is -0.380 e. The third-order valence-electron chi connectivity index (χ3n) is 2.37. The number of benzene rings is 1. The van der Waals surface area contributed by atoms with Crippen molar-refractivity contribution in [1.82, 2.24) is 9.97 Å². The second-order valence-electron chi connectivity index (χ2n) is 3.82. The van der Waals surface area contributed by atoms with Gasteiger partial charge in [-0.05, 0) is 24.0 Å². The van der Waals surface area contributed by atoms with Gasteiger partial charge in [-0.15, -0.1) is 0 Å². The molecule has 1 heterocycles. The lowest BCUT2D eigenvalue weighted by Crippen LogP contribution is -1.97. The summed E-state index contributed by atoms with van der Waals surface area (Å²) >= 11 is 7.40. The van der Waals surface area contributed by atoms with Crippen LogP contribution in [-0.2, 0) is 11.3 Å². The normalized spacial score (nSPS) is 10.5. The molecule has 2 rings (SSSR count). The zero-order valence-corrected chi connectivity index (χ0v) is 12.3. The number of rotatable bonds is 5. The minimum atomic E-state index is 0.426. The summed E-state index contributed by atoms with van der Waals surface area (Å²) in [6, 6.07) is 9.65. The minimum absolute atomic E-state index is 0.426. The molecular weight excluding hydrogens is 282 g/mol. The fourth-order valence-electron chi connectivity index (χ4n) is 1.61. The van der Waals surface area contributed by atoms with Crippen molar-refractivity contribution in [2.45, 2.75) is 11.8 Å². The predicted molar refractivity (Wildman–Crippen MR) is 79.3 cm³/mol. The molecule has 0 unspecified atom stereocenters. The fourth-order valence-corrected chi connectivity index (χ4v) is 2.22. The lowest BCUT2D eigenvalue weighted by molar-refractivity contribution is 0.185. The van der Waals surface area contributed by atoms with Crippen LogP contribution in [0.15, 0.2) is 35.5 Å². The van der Waals surface area contributed by atoms with Crippen LogP contribution in [0.5, 0.6) is 0 Å². The first-order valence-electron chi connectivity index (χ1n) is 5.64. The van der Waals surface area contributed by atoms with E-state index >= 15 is 0 Å². The first-order valence-corrected chi connectivity index (χ1v) is 7.25. The molecule has 6 heteroatoms. The summed E-state index contributed by atoms with van der Waals surface area (Å²) in [4.78, 5) is 8.45. The van der Waals surface area contributed by atoms with E-state index in [9.17, 15) is 0 Å². The summed E-state index contributed by atoms with van der Waals surface area (Å²) < 4.78 is 5.11. The number of ether oxygens (including phenoxy) is 1. The molecule has 0 spiro atoms. The first kappa shape index (κ1) is 14.1. The molecule has 0 aliphatic rings. The van der Waals surface area contributed by atoms with E-state index in [1.165, 1.54) is 11.8 Å². The Morgan fingerprint density at radius 3 is 2.89 bits per heavy atom. The first-order chi connectivity index (χ1) is 9.21. The highest BCUT2D eigenvalue weighted by molar-refractivity contribution is 7.98. The number of nitrogens with one attached hydrogen (secondary N) is 1. The van der Waals surface area contributed by atoms with Gasteiger partial charge in [0.15, 0.2) is 5.16 Å². The number of hydrogen-bond donors (Lipinski definition) is 1. The second kappa shape index (κ2) is 6.75. The summed E-state index contributed by atoms with van der Waals surface area (Å²) in [5, 5.41) is 4.28. The van der Waals surface area contributed by atoms with E-state index in [0.29, 0.717) is 22.7 Å². The maximum Gasteiger partial charge on any atom is 0.190 e. The Bertz CT molecular complexity index is 565. The molecule has 0 amide bonds. The molecule has 1 aromatic carbocycles. The van der Waals surface area contributed by atoms with Crippen molar-refractivity contribution < 1.29 is 4.74 Å².